The van der Waals surface area contributed by atoms with Crippen molar-refractivity contribution < 1.29 is 194 Å². The van der Waals surface area contributed by atoms with E-state index in [0.29, 0.717) is 146 Å². The van der Waals surface area contributed by atoms with Gasteiger partial charge in [-0.3, -0.25) is 9.59 Å². The van der Waals surface area contributed by atoms with E-state index in [1.807, 2.05) is 6.92 Å². The topological polar surface area (TPSA) is 574 Å². The number of phenols is 6. The standard InChI is InChI=1S/C22H30O10Si.C13H10O5.C10H24O5Si.4C8H18O5Si.C6H15N.C4H10.C2H7N/c1-28-17(13-31-9-4-10-33(27,29-2)30-3)14-32-16-6-8-19(21(25)12-16)22(26)18-7-5-15(23)11-20(18)24;14-7-1-3-9(11(16)5-7)13(18)10-4-2-8(15)6-12(10)17;1-5-10(12-2)9-15-7-6-8-16(11,13-3)14-4;4*1-10-14(9,11-2)5-3-4-12-6-8-7-13-8;1-4-7(5-2)6-3;1-3-4-2;1-2-3/h5-8,11-12,17,23-25,27H,4,9-10,13-14H2,1-3H3;1-6,14-17H;10-11H,5-9H2,1-4H3;4*8-9H,3-7H2,1-2H3;4-6H2,1-3H3;3-4H2,1-2H3;2-3H2,1H3. The van der Waals surface area contributed by atoms with Crippen molar-refractivity contribution in [1.82, 2.24) is 0 Å². The number of unbranched alkanes of at least 4 members (excludes halogenated alkanes) is 1. The molecule has 4 aromatic carbocycles. The van der Waals surface area contributed by atoms with Crippen LogP contribution < -0.4 is 20.5 Å². The molecule has 0 radical (unpaired) electrons. The Hall–Kier alpha value is -5.36. The van der Waals surface area contributed by atoms with Gasteiger partial charge in [0.2, 0.25) is 0 Å². The van der Waals surface area contributed by atoms with Crippen LogP contribution in [0.3, 0.4) is 0 Å². The van der Waals surface area contributed by atoms with Crippen LogP contribution in [-0.4, -0.2) is 398 Å². The van der Waals surface area contributed by atoms with Crippen LogP contribution in [0, 0.1) is 0 Å². The Kier molecular flexibility index (Phi) is 77.2. The number of ether oxygens (including phenoxy) is 13. The van der Waals surface area contributed by atoms with E-state index in [4.69, 9.17) is 131 Å². The Bertz CT molecular complexity index is 3410. The molecule has 4 aromatic rings. The van der Waals surface area contributed by atoms with Crippen LogP contribution in [0.5, 0.6) is 46.0 Å². The fraction of sp³-hybridized carbons (Fsp3) is 0.708. The van der Waals surface area contributed by atoms with Crippen LogP contribution in [0.2, 0.25) is 36.3 Å². The van der Waals surface area contributed by atoms with E-state index in [0.717, 1.165) is 89.7 Å². The molecular formula is C89H168N2O40Si6. The third-order valence-corrected chi connectivity index (χ3v) is 33.9. The number of epoxide rings is 4. The Morgan fingerprint density at radius 3 is 0.825 bits per heavy atom. The maximum atomic E-state index is 12.6. The molecule has 6 unspecified atom stereocenters. The zero-order valence-electron chi connectivity index (χ0n) is 84.7. The molecule has 0 saturated carbocycles. The predicted molar refractivity (Wildman–Crippen MR) is 520 cm³/mol. The van der Waals surface area contributed by atoms with Crippen LogP contribution in [0.25, 0.3) is 0 Å². The van der Waals surface area contributed by atoms with Crippen molar-refractivity contribution in [2.45, 2.75) is 179 Å². The Morgan fingerprint density at radius 1 is 0.365 bits per heavy atom. The van der Waals surface area contributed by atoms with Crippen LogP contribution >= 0.6 is 0 Å². The van der Waals surface area contributed by atoms with Gasteiger partial charge in [-0.15, -0.1) is 0 Å². The molecule has 0 bridgehead atoms. The molecule has 4 fully saturated rings. The van der Waals surface area contributed by atoms with Gasteiger partial charge in [-0.2, -0.15) is 0 Å². The maximum Gasteiger partial charge on any atom is 0.497 e. The Labute approximate surface area is 817 Å². The van der Waals surface area contributed by atoms with Crippen molar-refractivity contribution in [3.63, 3.8) is 0 Å². The van der Waals surface area contributed by atoms with Crippen molar-refractivity contribution in [3.05, 3.63) is 95.1 Å². The van der Waals surface area contributed by atoms with Crippen molar-refractivity contribution in [2.75, 3.05) is 238 Å². The lowest BCUT2D eigenvalue weighted by molar-refractivity contribution is -0.894. The van der Waals surface area contributed by atoms with Gasteiger partial charge in [-0.05, 0) is 127 Å². The maximum absolute atomic E-state index is 12.6. The third kappa shape index (κ3) is 64.8. The van der Waals surface area contributed by atoms with Gasteiger partial charge in [0, 0.05) is 199 Å². The van der Waals surface area contributed by atoms with E-state index in [1.54, 1.807) is 12.0 Å². The molecule has 42 nitrogen and oxygen atoms in total. The highest BCUT2D eigenvalue weighted by molar-refractivity contribution is 6.60. The average molecular weight is 2070 g/mol. The molecule has 0 amide bonds. The minimum Gasteiger partial charge on any atom is -0.872 e. The summed E-state index contributed by atoms with van der Waals surface area (Å²) >= 11 is 0. The first-order valence-electron chi connectivity index (χ1n) is 45.9. The lowest BCUT2D eigenvalue weighted by Gasteiger charge is -2.20. The van der Waals surface area contributed by atoms with Crippen LogP contribution in [0.4, 0.5) is 0 Å². The van der Waals surface area contributed by atoms with Gasteiger partial charge in [0.05, 0.1) is 108 Å². The molecule has 6 atom stereocenters. The first-order chi connectivity index (χ1) is 65.3. The third-order valence-electron chi connectivity index (χ3n) is 20.4. The van der Waals surface area contributed by atoms with Crippen molar-refractivity contribution >= 4 is 64.4 Å². The summed E-state index contributed by atoms with van der Waals surface area (Å²) in [4.78, 5) is 84.6. The van der Waals surface area contributed by atoms with Gasteiger partial charge in [-0.1, -0.05) is 46.3 Å². The molecule has 798 valence electrons. The number of phenolic OH excluding ortho intramolecular Hbond substituents is 6. The summed E-state index contributed by atoms with van der Waals surface area (Å²) in [5.74, 6) is -3.29. The second-order valence-electron chi connectivity index (χ2n) is 30.7. The number of methoxy groups -OCH3 is 2. The predicted octanol–water partition coefficient (Wildman–Crippen LogP) is 5.97. The molecule has 4 heterocycles. The quantitative estimate of drug-likeness (QED) is 0.0105. The number of nitrogens with one attached hydrogen (secondary N) is 1. The van der Waals surface area contributed by atoms with E-state index in [-0.39, 0.29) is 76.4 Å². The molecule has 8 rings (SSSR count). The number of quaternary nitrogens is 1. The highest BCUT2D eigenvalue weighted by Crippen LogP contribution is 2.32. The lowest BCUT2D eigenvalue weighted by atomic mass is 10.0. The number of nitrogens with two attached hydrogens (primary N) is 1. The van der Waals surface area contributed by atoms with Gasteiger partial charge in [0.15, 0.2) is 11.6 Å². The number of carbonyl (C=O) groups is 2. The van der Waals surface area contributed by atoms with Gasteiger partial charge in [0.25, 0.3) is 0 Å². The highest BCUT2D eigenvalue weighted by atomic mass is 28.4. The fourth-order valence-corrected chi connectivity index (χ4v) is 17.7. The summed E-state index contributed by atoms with van der Waals surface area (Å²) in [7, 11) is 3.20. The minimum absolute atomic E-state index is 0.0226. The van der Waals surface area contributed by atoms with Gasteiger partial charge in [0.1, 0.15) is 77.4 Å². The molecule has 0 aromatic heterocycles. The zero-order valence-corrected chi connectivity index (χ0v) is 90.7. The molecule has 0 spiro atoms. The van der Waals surface area contributed by atoms with E-state index in [1.165, 1.54) is 180 Å². The first-order valence-corrected chi connectivity index (χ1v) is 57.7. The molecule has 137 heavy (non-hydrogen) atoms. The zero-order chi connectivity index (χ0) is 104. The van der Waals surface area contributed by atoms with Crippen LogP contribution in [0.15, 0.2) is 72.8 Å². The number of hydrogen-bond donors (Lipinski definition) is 14. The summed E-state index contributed by atoms with van der Waals surface area (Å²) in [6, 6.07) is 17.6. The SMILES string of the molecule is CCC(COCCC[Si](O)(OC)OC)OC.CCCC.CCN.CC[NH+](CC)CC.COC(COCCC[Si](O)(OC)OC)COc1ccc(C(=O)c2ccc(O)cc2O)c(O)c1.CO[Si](O)(CCCOCC1CO1)OC.CO[Si](O)(CCCOCC1CO1)OC.CO[Si](O)(CCCOCC1CO1)OC.CO[Si](O)(CCCOCC1CO1)OC.O=C(c1ccc(O)cc1[O-])c1ccc(O)cc1O. The number of carbonyl (C=O) groups excluding carboxylic acids is 2. The van der Waals surface area contributed by atoms with E-state index in [9.17, 15) is 63.9 Å². The Balaban J connectivity index is 0. The van der Waals surface area contributed by atoms with E-state index < -0.39 is 75.9 Å². The molecule has 4 aliphatic heterocycles. The Morgan fingerprint density at radius 2 is 0.606 bits per heavy atom. The summed E-state index contributed by atoms with van der Waals surface area (Å²) in [5.41, 5.74) is 4.53. The summed E-state index contributed by atoms with van der Waals surface area (Å²) in [5, 5.41) is 68.8. The van der Waals surface area contributed by atoms with Crippen LogP contribution in [0.1, 0.15) is 138 Å². The van der Waals surface area contributed by atoms with Gasteiger partial charge < -0.3 is 190 Å². The van der Waals surface area contributed by atoms with Crippen molar-refractivity contribution in [1.29, 1.82) is 0 Å². The highest BCUT2D eigenvalue weighted by Gasteiger charge is 2.39. The average Bonchev–Trinajstić information content (AvgIpc) is 1.58. The summed E-state index contributed by atoms with van der Waals surface area (Å²) in [6.45, 7) is 29.8. The van der Waals surface area contributed by atoms with Gasteiger partial charge >= 0.3 is 52.8 Å². The number of benzene rings is 4. The summed E-state index contributed by atoms with van der Waals surface area (Å²) in [6.07, 6.45) is 8.82. The van der Waals surface area contributed by atoms with Crippen molar-refractivity contribution in [3.8, 4) is 46.0 Å². The molecule has 48 heteroatoms. The molecule has 4 saturated heterocycles. The number of rotatable bonds is 62. The molecule has 4 aliphatic rings. The molecule has 0 aliphatic carbocycles. The van der Waals surface area contributed by atoms with Gasteiger partial charge in [-0.25, -0.2) is 0 Å². The van der Waals surface area contributed by atoms with E-state index in [2.05, 4.69) is 41.5 Å². The van der Waals surface area contributed by atoms with E-state index >= 15 is 0 Å². The molecule has 15 N–H and O–H groups in total. The fourth-order valence-electron chi connectivity index (χ4n) is 10.7. The largest absolute Gasteiger partial charge is 0.872 e. The van der Waals surface area contributed by atoms with Crippen molar-refractivity contribution in [2.24, 2.45) is 5.73 Å². The second-order valence-corrected chi connectivity index (χ2v) is 47.1. The summed E-state index contributed by atoms with van der Waals surface area (Å²) < 4.78 is 128. The lowest BCUT2D eigenvalue weighted by Crippen LogP contribution is -3.11. The number of hydrogen-bond acceptors (Lipinski definition) is 41. The number of aromatic hydroxyl groups is 6. The molecular weight excluding hydrogens is 1910 g/mol. The minimum atomic E-state index is -3.10. The van der Waals surface area contributed by atoms with Crippen LogP contribution in [-0.2, 0) is 110 Å². The monoisotopic (exact) mass is 2070 g/mol. The normalized spacial score (nSPS) is 15.5. The first kappa shape index (κ1) is 134. The second kappa shape index (κ2) is 79.1. The number of ketones is 2. The smallest absolute Gasteiger partial charge is 0.497 e.